The quantitative estimate of drug-likeness (QED) is 0.220. The van der Waals surface area contributed by atoms with Crippen molar-refractivity contribution in [3.63, 3.8) is 0 Å². The Hall–Kier alpha value is -5.22. The molecule has 3 N–H and O–H groups in total. The molecule has 16 saturated carbocycles. The minimum atomic E-state index is -0.0843. The van der Waals surface area contributed by atoms with Crippen LogP contribution in [0.1, 0.15) is 427 Å². The Kier molecular flexibility index (Phi) is 28.4. The van der Waals surface area contributed by atoms with Crippen molar-refractivity contribution in [3.8, 4) is 0 Å². The lowest BCUT2D eigenvalue weighted by atomic mass is 9.46. The van der Waals surface area contributed by atoms with Gasteiger partial charge in [0.2, 0.25) is 0 Å². The van der Waals surface area contributed by atoms with Gasteiger partial charge in [-0.15, -0.1) is 0 Å². The minimum Gasteiger partial charge on any atom is -0.393 e. The van der Waals surface area contributed by atoms with Crippen LogP contribution in [0.5, 0.6) is 0 Å². The Balaban J connectivity index is 0.000000108. The van der Waals surface area contributed by atoms with Crippen LogP contribution < -0.4 is 0 Å². The maximum Gasteiger partial charge on any atom is 0.159 e. The van der Waals surface area contributed by atoms with Crippen molar-refractivity contribution in [2.75, 3.05) is 0 Å². The number of carbonyl (C=O) groups is 6. The summed E-state index contributed by atoms with van der Waals surface area (Å²) in [5, 5.41) is 30.3. The van der Waals surface area contributed by atoms with Crippen LogP contribution in [0.15, 0.2) is 141 Å². The van der Waals surface area contributed by atoms with Gasteiger partial charge in [-0.25, -0.2) is 0 Å². The smallest absolute Gasteiger partial charge is 0.159 e. The van der Waals surface area contributed by atoms with Crippen LogP contribution in [0.3, 0.4) is 0 Å². The standard InChI is InChI=1S/C23H32O2.C23H36O.C22H30O2.C22H34O.C21H28O2.C21H32O/c1-5-14(2)17-6-7-18-16-13-21(25)20-12-15(24)8-10-23(20,4)19(16)9-11-22(17,18)3;1-5-15(2)19-8-9-20-18-7-6-16-14-17(24)10-12-22(16,3)21(18)11-13-23(19,20)4;1-13(2)16-5-6-17-15-12-20(24)19-11-14(23)7-9-22(19,4)18(15)8-10-21(16,17)3;1-14(2)18-7-8-19-17-6-5-15-13-16(23)9-11-21(15,3)20(17)10-12-22(18,19)4;1-4-13-5-6-16-15-12-19(23)18-11-14(22)7-9-21(18,3)17(15)8-10-20(13,16)2;1-4-14-6-8-18-17-7-5-15-13-16(22)9-11-21(15,3)19(17)10-12-20(14,18)2/h5,12,16-19H,6-11,13H2,1-4H3;5-6,17-21,24H,7-14H2,1-4H3;11,15-18H,1,5-10,12H2,2-4H3;5,16-20,23H,1,6-13H2,2-4H3;5,11,15-17H,4,6-10,12H2,1-3H3;5-6,16-19,22H,4,7-13H2,1-3H3/b14-5+;15-5+;;;;/t16?,17-,18?,19?,22?,23?;17-,18?,19+,20?,21?,22?,23?;15?,16-,17?,18?,21?,22?;16-,17?,18+,19?,20?,21?,22?;;16-,17?,18?,19?,20?,21?/m1010.0/s1. The van der Waals surface area contributed by atoms with E-state index in [1.165, 1.54) is 191 Å². The molecule has 30 unspecified atom stereocenters. The minimum absolute atomic E-state index is 0.0514. The van der Waals surface area contributed by atoms with Crippen LogP contribution in [0, 0.1) is 195 Å². The van der Waals surface area contributed by atoms with Gasteiger partial charge in [0.05, 0.1) is 18.3 Å². The van der Waals surface area contributed by atoms with Crippen LogP contribution in [0.4, 0.5) is 0 Å². The number of hydrogen-bond donors (Lipinski definition) is 3. The highest BCUT2D eigenvalue weighted by atomic mass is 16.3. The molecule has 0 amide bonds. The van der Waals surface area contributed by atoms with Crippen molar-refractivity contribution < 1.29 is 44.1 Å². The first-order chi connectivity index (χ1) is 66.7. The van der Waals surface area contributed by atoms with Gasteiger partial charge in [-0.2, -0.15) is 0 Å². The molecule has 0 aromatic carbocycles. The van der Waals surface area contributed by atoms with E-state index in [0.29, 0.717) is 152 Å². The predicted octanol–water partition coefficient (Wildman–Crippen LogP) is 31.5. The average Bonchev–Trinajstić information content (AvgIpc) is 1.10. The molecule has 0 radical (unpaired) electrons. The summed E-state index contributed by atoms with van der Waals surface area (Å²) < 4.78 is 0. The molecule has 24 rings (SSSR count). The summed E-state index contributed by atoms with van der Waals surface area (Å²) in [5.74, 6) is 17.3. The number of rotatable bonds is 6. The molecule has 24 aliphatic carbocycles. The maximum absolute atomic E-state index is 13.0. The van der Waals surface area contributed by atoms with Gasteiger partial charge in [-0.05, 0) is 505 Å². The Bertz CT molecular complexity index is 5280. The molecule has 0 aromatic rings. The van der Waals surface area contributed by atoms with E-state index >= 15 is 0 Å². The fourth-order valence-corrected chi connectivity index (χ4v) is 43.0. The molecule has 0 spiro atoms. The average molecular weight is 1920 g/mol. The molecular formula is C132H192O9. The SMILES string of the molecule is C/C=C(\C)[C@H]1CCC2C3CC(=O)C4=CC(=O)CCC4(C)C3CCC21C.C/C=C(\C)[C@H]1CCC2C3CC=C4C[C@@H](O)CCC4(C)C3CCC21C.C=C(C)[C@H]1CCC2C3CC(=O)C4=CC(=O)CCC4(C)C3CCC21C.C=C(C)[C@H]1CCC2C3CC=C4C[C@@H](O)CCC4(C)C3CCC21C.CCC1=CCC2C3CC(=O)C4=CC(=O)CCC4(C)C3CCC12C.CCC1=CCC2C3CC=C4C[C@@H](O)CCC4(C)C3CCC12C. The van der Waals surface area contributed by atoms with Gasteiger partial charge < -0.3 is 15.3 Å². The molecule has 24 aliphatic rings. The third kappa shape index (κ3) is 16.8. The van der Waals surface area contributed by atoms with Gasteiger partial charge in [0.1, 0.15) is 0 Å². The van der Waals surface area contributed by atoms with E-state index in [9.17, 15) is 44.1 Å². The summed E-state index contributed by atoms with van der Waals surface area (Å²) in [6.07, 6.45) is 73.4. The van der Waals surface area contributed by atoms with Crippen LogP contribution in [-0.4, -0.2) is 68.3 Å². The van der Waals surface area contributed by atoms with Gasteiger partial charge in [-0.1, -0.05) is 203 Å². The number of ketones is 6. The molecule has 9 nitrogen and oxygen atoms in total. The number of allylic oxidation sites excluding steroid dienone is 17. The molecule has 0 bridgehead atoms. The van der Waals surface area contributed by atoms with Crippen molar-refractivity contribution in [1.29, 1.82) is 0 Å². The zero-order valence-electron chi connectivity index (χ0n) is 92.2. The molecule has 37 atom stereocenters. The van der Waals surface area contributed by atoms with Gasteiger partial charge in [0.15, 0.2) is 34.7 Å². The normalized spacial score (nSPS) is 49.1. The Morgan fingerprint density at radius 2 is 0.546 bits per heavy atom. The van der Waals surface area contributed by atoms with Gasteiger partial charge >= 0.3 is 0 Å². The second kappa shape index (κ2) is 38.4. The lowest BCUT2D eigenvalue weighted by Gasteiger charge is -2.58. The summed E-state index contributed by atoms with van der Waals surface area (Å²) in [4.78, 5) is 74.4. The first-order valence-corrected chi connectivity index (χ1v) is 59.2. The van der Waals surface area contributed by atoms with E-state index in [0.717, 1.165) is 152 Å². The first kappa shape index (κ1) is 104. The Morgan fingerprint density at radius 1 is 0.291 bits per heavy atom. The van der Waals surface area contributed by atoms with E-state index in [2.05, 4.69) is 194 Å². The topological polar surface area (TPSA) is 163 Å². The van der Waals surface area contributed by atoms with E-state index < -0.39 is 0 Å². The van der Waals surface area contributed by atoms with Crippen molar-refractivity contribution in [2.24, 2.45) is 195 Å². The summed E-state index contributed by atoms with van der Waals surface area (Å²) in [5.41, 5.74) is 20.2. The number of aliphatic hydroxyl groups excluding tert-OH is 3. The van der Waals surface area contributed by atoms with Crippen LogP contribution in [0.2, 0.25) is 0 Å². The third-order valence-corrected chi connectivity index (χ3v) is 51.0. The molecule has 0 aromatic heterocycles. The molecule has 9 heteroatoms. The number of hydrogen-bond acceptors (Lipinski definition) is 9. The molecule has 774 valence electrons. The van der Waals surface area contributed by atoms with E-state index in [4.69, 9.17) is 0 Å². The lowest BCUT2D eigenvalue weighted by Crippen LogP contribution is -2.52. The predicted molar refractivity (Wildman–Crippen MR) is 574 cm³/mol. The van der Waals surface area contributed by atoms with Crippen molar-refractivity contribution in [1.82, 2.24) is 0 Å². The maximum atomic E-state index is 13.0. The van der Waals surface area contributed by atoms with Gasteiger partial charge in [-0.3, -0.25) is 28.8 Å². The summed E-state index contributed by atoms with van der Waals surface area (Å²) >= 11 is 0. The number of carbonyl (C=O) groups excluding carboxylic acids is 6. The zero-order valence-corrected chi connectivity index (χ0v) is 92.2. The largest absolute Gasteiger partial charge is 0.393 e. The van der Waals surface area contributed by atoms with Gasteiger partial charge in [0, 0.05) is 55.2 Å². The zero-order chi connectivity index (χ0) is 101. The molecule has 0 aliphatic heterocycles. The highest BCUT2D eigenvalue weighted by Crippen LogP contribution is 2.75. The Labute approximate surface area is 855 Å². The first-order valence-electron chi connectivity index (χ1n) is 59.2. The van der Waals surface area contributed by atoms with Crippen LogP contribution >= 0.6 is 0 Å². The van der Waals surface area contributed by atoms with E-state index in [1.54, 1.807) is 57.2 Å². The van der Waals surface area contributed by atoms with Crippen LogP contribution in [-0.2, 0) is 28.8 Å². The molecular weight excluding hydrogens is 1730 g/mol. The van der Waals surface area contributed by atoms with Crippen LogP contribution in [0.25, 0.3) is 0 Å². The highest BCUT2D eigenvalue weighted by molar-refractivity contribution is 6.07. The monoisotopic (exact) mass is 1920 g/mol. The summed E-state index contributed by atoms with van der Waals surface area (Å²) in [6.45, 7) is 56.3. The number of fused-ring (bicyclic) bond motifs is 30. The second-order valence-corrected chi connectivity index (χ2v) is 56.3. The number of aliphatic hydroxyl groups is 3. The Morgan fingerprint density at radius 3 is 0.844 bits per heavy atom. The fraction of sp³-hybridized carbons (Fsp3) is 0.773. The molecule has 16 fully saturated rings. The second-order valence-electron chi connectivity index (χ2n) is 56.3. The third-order valence-electron chi connectivity index (χ3n) is 51.0. The van der Waals surface area contributed by atoms with Gasteiger partial charge in [0.25, 0.3) is 0 Å². The summed E-state index contributed by atoms with van der Waals surface area (Å²) in [6, 6.07) is 0. The van der Waals surface area contributed by atoms with Crippen molar-refractivity contribution in [3.05, 3.63) is 141 Å². The molecule has 0 saturated heterocycles. The van der Waals surface area contributed by atoms with E-state index in [-0.39, 0.29) is 69.3 Å². The molecule has 0 heterocycles. The fourth-order valence-electron chi connectivity index (χ4n) is 43.0. The summed E-state index contributed by atoms with van der Waals surface area (Å²) in [7, 11) is 0. The number of Topliss-reactive ketones (excluding diaryl/α,β-unsaturated/α-hetero) is 3. The lowest BCUT2D eigenvalue weighted by molar-refractivity contribution is -0.131. The highest BCUT2D eigenvalue weighted by Gasteiger charge is 2.68. The molecule has 141 heavy (non-hydrogen) atoms. The van der Waals surface area contributed by atoms with Crippen molar-refractivity contribution >= 4 is 34.7 Å². The van der Waals surface area contributed by atoms with E-state index in [1.807, 2.05) is 0 Å². The van der Waals surface area contributed by atoms with Crippen molar-refractivity contribution in [2.45, 2.75) is 446 Å².